The zero-order valence-electron chi connectivity index (χ0n) is 19.4. The molecule has 172 valence electrons. The Kier molecular flexibility index (Phi) is 6.11. The molecular weight excluding hydrogens is 426 g/mol. The quantitative estimate of drug-likeness (QED) is 0.423. The summed E-state index contributed by atoms with van der Waals surface area (Å²) in [6, 6.07) is 16.1. The third-order valence-electron chi connectivity index (χ3n) is 6.22. The van der Waals surface area contributed by atoms with E-state index in [2.05, 4.69) is 43.4 Å². The molecule has 8 heteroatoms. The third-order valence-corrected chi connectivity index (χ3v) is 6.22. The zero-order chi connectivity index (χ0) is 23.5. The molecule has 0 bridgehead atoms. The summed E-state index contributed by atoms with van der Waals surface area (Å²) in [6.45, 7) is 3.77. The highest BCUT2D eigenvalue weighted by Gasteiger charge is 2.26. The predicted octanol–water partition coefficient (Wildman–Crippen LogP) is 5.01. The van der Waals surface area contributed by atoms with Crippen LogP contribution in [0.4, 0.5) is 11.5 Å². The molecule has 0 saturated carbocycles. The van der Waals surface area contributed by atoms with E-state index in [4.69, 9.17) is 15.0 Å². The molecule has 1 saturated heterocycles. The molecule has 3 aromatic heterocycles. The normalized spacial score (nSPS) is 16.3. The van der Waals surface area contributed by atoms with Crippen LogP contribution in [0, 0.1) is 18.3 Å². The molecule has 4 aromatic rings. The fourth-order valence-electron chi connectivity index (χ4n) is 4.62. The number of anilines is 2. The van der Waals surface area contributed by atoms with Crippen LogP contribution in [-0.2, 0) is 6.54 Å². The van der Waals surface area contributed by atoms with E-state index in [1.165, 1.54) is 18.5 Å². The monoisotopic (exact) mass is 453 g/mol. The van der Waals surface area contributed by atoms with Crippen molar-refractivity contribution in [3.8, 4) is 11.8 Å². The number of nitriles is 1. The van der Waals surface area contributed by atoms with E-state index in [0.717, 1.165) is 59.2 Å². The number of benzene rings is 1. The van der Waals surface area contributed by atoms with E-state index >= 15 is 0 Å². The Morgan fingerprint density at radius 1 is 1.18 bits per heavy atom. The SMILES string of the molecule is COc1ccc2[nH]c(CN3CCCC[C@H]3c3cc(Nc4ccc(C#N)nc4)nc(C)n3)cc2c1. The summed E-state index contributed by atoms with van der Waals surface area (Å²) < 4.78 is 5.37. The van der Waals surface area contributed by atoms with Crippen molar-refractivity contribution in [2.45, 2.75) is 38.8 Å². The average Bonchev–Trinajstić information content (AvgIpc) is 3.26. The Bertz CT molecular complexity index is 1340. The molecule has 1 aliphatic heterocycles. The van der Waals surface area contributed by atoms with Crippen molar-refractivity contribution in [1.82, 2.24) is 24.8 Å². The molecule has 0 amide bonds. The second-order valence-electron chi connectivity index (χ2n) is 8.62. The Labute approximate surface area is 198 Å². The molecule has 1 fully saturated rings. The van der Waals surface area contributed by atoms with Gasteiger partial charge < -0.3 is 15.0 Å². The molecule has 2 N–H and O–H groups in total. The van der Waals surface area contributed by atoms with Crippen molar-refractivity contribution in [1.29, 1.82) is 5.26 Å². The Balaban J connectivity index is 1.38. The number of methoxy groups -OCH3 is 1. The van der Waals surface area contributed by atoms with Gasteiger partial charge in [-0.2, -0.15) is 5.26 Å². The van der Waals surface area contributed by atoms with E-state index in [0.29, 0.717) is 5.69 Å². The van der Waals surface area contributed by atoms with Crippen LogP contribution in [-0.4, -0.2) is 38.5 Å². The number of nitrogens with zero attached hydrogens (tertiary/aromatic N) is 5. The summed E-state index contributed by atoms with van der Waals surface area (Å²) in [7, 11) is 1.69. The first-order valence-corrected chi connectivity index (χ1v) is 11.5. The number of pyridine rings is 1. The van der Waals surface area contributed by atoms with Gasteiger partial charge in [0.15, 0.2) is 0 Å². The molecule has 8 nitrogen and oxygen atoms in total. The lowest BCUT2D eigenvalue weighted by atomic mass is 9.98. The van der Waals surface area contributed by atoms with E-state index in [1.807, 2.05) is 31.2 Å². The minimum atomic E-state index is 0.219. The Morgan fingerprint density at radius 3 is 2.88 bits per heavy atom. The van der Waals surface area contributed by atoms with Crippen LogP contribution in [0.3, 0.4) is 0 Å². The van der Waals surface area contributed by atoms with Crippen molar-refractivity contribution in [2.24, 2.45) is 0 Å². The highest BCUT2D eigenvalue weighted by molar-refractivity contribution is 5.81. The van der Waals surface area contributed by atoms with Crippen LogP contribution in [0.1, 0.15) is 48.2 Å². The van der Waals surface area contributed by atoms with Crippen LogP contribution in [0.5, 0.6) is 5.75 Å². The number of hydrogen-bond donors (Lipinski definition) is 2. The van der Waals surface area contributed by atoms with Crippen molar-refractivity contribution in [2.75, 3.05) is 19.0 Å². The summed E-state index contributed by atoms with van der Waals surface area (Å²) in [6.07, 6.45) is 5.06. The Morgan fingerprint density at radius 2 is 2.09 bits per heavy atom. The fraction of sp³-hybridized carbons (Fsp3) is 0.308. The molecule has 1 atom stereocenters. The summed E-state index contributed by atoms with van der Waals surface area (Å²) in [4.78, 5) is 19.6. The van der Waals surface area contributed by atoms with Gasteiger partial charge in [0.1, 0.15) is 29.2 Å². The van der Waals surface area contributed by atoms with E-state index in [-0.39, 0.29) is 6.04 Å². The van der Waals surface area contributed by atoms with Crippen molar-refractivity contribution in [3.05, 3.63) is 71.6 Å². The van der Waals surface area contributed by atoms with Crippen molar-refractivity contribution >= 4 is 22.4 Å². The number of fused-ring (bicyclic) bond motifs is 1. The molecule has 0 aliphatic carbocycles. The van der Waals surface area contributed by atoms with Gasteiger partial charge in [0, 0.05) is 29.2 Å². The van der Waals surface area contributed by atoms with Crippen LogP contribution < -0.4 is 10.1 Å². The third kappa shape index (κ3) is 4.70. The zero-order valence-corrected chi connectivity index (χ0v) is 19.4. The van der Waals surface area contributed by atoms with Gasteiger partial charge in [-0.3, -0.25) is 4.90 Å². The maximum absolute atomic E-state index is 8.96. The number of H-pyrrole nitrogens is 1. The van der Waals surface area contributed by atoms with E-state index in [1.54, 1.807) is 19.4 Å². The molecule has 34 heavy (non-hydrogen) atoms. The summed E-state index contributed by atoms with van der Waals surface area (Å²) in [5.74, 6) is 2.32. The molecule has 0 unspecified atom stereocenters. The number of aromatic nitrogens is 4. The van der Waals surface area contributed by atoms with E-state index in [9.17, 15) is 0 Å². The maximum Gasteiger partial charge on any atom is 0.140 e. The molecule has 0 spiro atoms. The number of rotatable bonds is 6. The molecule has 0 radical (unpaired) electrons. The van der Waals surface area contributed by atoms with Crippen LogP contribution in [0.25, 0.3) is 10.9 Å². The van der Waals surface area contributed by atoms with Gasteiger partial charge in [-0.05, 0) is 62.7 Å². The lowest BCUT2D eigenvalue weighted by molar-refractivity contribution is 0.135. The predicted molar refractivity (Wildman–Crippen MR) is 131 cm³/mol. The molecule has 1 aliphatic rings. The first-order chi connectivity index (χ1) is 16.6. The van der Waals surface area contributed by atoms with Crippen molar-refractivity contribution in [3.63, 3.8) is 0 Å². The van der Waals surface area contributed by atoms with Gasteiger partial charge in [0.05, 0.1) is 30.7 Å². The van der Waals surface area contributed by atoms with Gasteiger partial charge in [-0.1, -0.05) is 6.42 Å². The smallest absolute Gasteiger partial charge is 0.140 e. The number of aryl methyl sites for hydroxylation is 1. The van der Waals surface area contributed by atoms with Gasteiger partial charge >= 0.3 is 0 Å². The second-order valence-corrected chi connectivity index (χ2v) is 8.62. The minimum Gasteiger partial charge on any atom is -0.497 e. The number of piperidine rings is 1. The Hall–Kier alpha value is -3.96. The summed E-state index contributed by atoms with van der Waals surface area (Å²) in [5.41, 5.74) is 4.50. The number of ether oxygens (including phenoxy) is 1. The van der Waals surface area contributed by atoms with Gasteiger partial charge in [-0.25, -0.2) is 15.0 Å². The highest BCUT2D eigenvalue weighted by Crippen LogP contribution is 2.33. The van der Waals surface area contributed by atoms with Gasteiger partial charge in [-0.15, -0.1) is 0 Å². The lowest BCUT2D eigenvalue weighted by Crippen LogP contribution is -2.33. The lowest BCUT2D eigenvalue weighted by Gasteiger charge is -2.35. The number of nitrogens with one attached hydrogen (secondary N) is 2. The molecule has 5 rings (SSSR count). The summed E-state index contributed by atoms with van der Waals surface area (Å²) in [5, 5.41) is 13.4. The first kappa shape index (κ1) is 21.9. The second kappa shape index (κ2) is 9.49. The molecule has 4 heterocycles. The van der Waals surface area contributed by atoms with Crippen molar-refractivity contribution < 1.29 is 4.74 Å². The largest absolute Gasteiger partial charge is 0.497 e. The fourth-order valence-corrected chi connectivity index (χ4v) is 4.62. The first-order valence-electron chi connectivity index (χ1n) is 11.5. The topological polar surface area (TPSA) is 103 Å². The maximum atomic E-state index is 8.96. The minimum absolute atomic E-state index is 0.219. The number of likely N-dealkylation sites (tertiary alicyclic amines) is 1. The summed E-state index contributed by atoms with van der Waals surface area (Å²) >= 11 is 0. The van der Waals surface area contributed by atoms with Crippen LogP contribution in [0.2, 0.25) is 0 Å². The van der Waals surface area contributed by atoms with Crippen LogP contribution >= 0.6 is 0 Å². The van der Waals surface area contributed by atoms with Gasteiger partial charge in [0.2, 0.25) is 0 Å². The highest BCUT2D eigenvalue weighted by atomic mass is 16.5. The molecule has 1 aromatic carbocycles. The average molecular weight is 454 g/mol. The van der Waals surface area contributed by atoms with Gasteiger partial charge in [0.25, 0.3) is 0 Å². The number of aromatic amines is 1. The van der Waals surface area contributed by atoms with E-state index < -0.39 is 0 Å². The number of hydrogen-bond acceptors (Lipinski definition) is 7. The molecular formula is C26H27N7O. The standard InChI is InChI=1S/C26H27N7O/c1-17-29-24(13-26(30-17)32-20-7-6-19(14-27)28-15-20)25-5-3-4-10-33(25)16-21-11-18-12-22(34-2)8-9-23(18)31-21/h6-9,11-13,15,25,31H,3-5,10,16H2,1-2H3,(H,29,30,32)/t25-/m0/s1. The van der Waals surface area contributed by atoms with Crippen LogP contribution in [0.15, 0.2) is 48.7 Å².